The van der Waals surface area contributed by atoms with Crippen molar-refractivity contribution >= 4 is 5.91 Å². The predicted molar refractivity (Wildman–Crippen MR) is 85.1 cm³/mol. The van der Waals surface area contributed by atoms with Gasteiger partial charge < -0.3 is 9.80 Å². The van der Waals surface area contributed by atoms with Crippen LogP contribution in [0.25, 0.3) is 0 Å². The van der Waals surface area contributed by atoms with Crippen molar-refractivity contribution in [3.05, 3.63) is 30.1 Å². The maximum Gasteiger partial charge on any atom is 0.227 e. The Balaban J connectivity index is 1.78. The van der Waals surface area contributed by atoms with Gasteiger partial charge in [-0.25, -0.2) is 0 Å². The van der Waals surface area contributed by atoms with E-state index in [1.165, 1.54) is 25.8 Å². The normalized spacial score (nSPS) is 16.7. The van der Waals surface area contributed by atoms with Gasteiger partial charge in [0.15, 0.2) is 0 Å². The van der Waals surface area contributed by atoms with E-state index in [0.29, 0.717) is 6.42 Å². The Kier molecular flexibility index (Phi) is 6.67. The van der Waals surface area contributed by atoms with Crippen LogP contribution in [-0.2, 0) is 11.2 Å². The van der Waals surface area contributed by atoms with Gasteiger partial charge in [-0.2, -0.15) is 0 Å². The summed E-state index contributed by atoms with van der Waals surface area (Å²) in [6, 6.07) is 3.86. The van der Waals surface area contributed by atoms with Gasteiger partial charge in [0.05, 0.1) is 6.42 Å². The summed E-state index contributed by atoms with van der Waals surface area (Å²) >= 11 is 0. The fourth-order valence-corrected chi connectivity index (χ4v) is 2.82. The van der Waals surface area contributed by atoms with E-state index >= 15 is 0 Å². The van der Waals surface area contributed by atoms with Crippen LogP contribution in [-0.4, -0.2) is 53.4 Å². The lowest BCUT2D eigenvalue weighted by Crippen LogP contribution is -2.36. The van der Waals surface area contributed by atoms with E-state index in [9.17, 15) is 4.79 Å². The van der Waals surface area contributed by atoms with E-state index < -0.39 is 0 Å². The molecule has 1 aliphatic rings. The zero-order valence-corrected chi connectivity index (χ0v) is 13.1. The number of pyridine rings is 1. The van der Waals surface area contributed by atoms with Gasteiger partial charge in [0, 0.05) is 32.0 Å². The van der Waals surface area contributed by atoms with Crippen molar-refractivity contribution in [1.29, 1.82) is 0 Å². The van der Waals surface area contributed by atoms with E-state index in [1.54, 1.807) is 12.4 Å². The molecule has 21 heavy (non-hydrogen) atoms. The molecule has 0 spiro atoms. The second-order valence-corrected chi connectivity index (χ2v) is 5.82. The molecular weight excluding hydrogens is 262 g/mol. The molecule has 0 unspecified atom stereocenters. The van der Waals surface area contributed by atoms with E-state index in [2.05, 4.69) is 16.8 Å². The zero-order valence-electron chi connectivity index (χ0n) is 13.1. The van der Waals surface area contributed by atoms with Crippen molar-refractivity contribution in [3.8, 4) is 0 Å². The van der Waals surface area contributed by atoms with Crippen LogP contribution in [0.15, 0.2) is 24.5 Å². The molecule has 1 fully saturated rings. The Morgan fingerprint density at radius 2 is 2.14 bits per heavy atom. The van der Waals surface area contributed by atoms with Crippen molar-refractivity contribution < 1.29 is 4.79 Å². The lowest BCUT2D eigenvalue weighted by Gasteiger charge is -2.22. The molecule has 1 aromatic rings. The highest BCUT2D eigenvalue weighted by molar-refractivity contribution is 5.78. The van der Waals surface area contributed by atoms with Gasteiger partial charge in [0.2, 0.25) is 5.91 Å². The first-order chi connectivity index (χ1) is 10.3. The molecule has 4 heteroatoms. The maximum atomic E-state index is 12.4. The molecule has 0 bridgehead atoms. The quantitative estimate of drug-likeness (QED) is 0.754. The number of hydrogen-bond donors (Lipinski definition) is 0. The summed E-state index contributed by atoms with van der Waals surface area (Å²) in [5.41, 5.74) is 1.01. The van der Waals surface area contributed by atoms with Crippen LogP contribution in [0, 0.1) is 0 Å². The second kappa shape index (κ2) is 8.78. The molecule has 116 valence electrons. The van der Waals surface area contributed by atoms with Crippen LogP contribution < -0.4 is 0 Å². The first-order valence-corrected chi connectivity index (χ1v) is 8.18. The first kappa shape index (κ1) is 16.0. The summed E-state index contributed by atoms with van der Waals surface area (Å²) in [4.78, 5) is 21.0. The lowest BCUT2D eigenvalue weighted by molar-refractivity contribution is -0.130. The summed E-state index contributed by atoms with van der Waals surface area (Å²) in [6.07, 6.45) is 8.94. The molecule has 0 N–H and O–H groups in total. The number of carbonyl (C=O) groups is 1. The number of amides is 1. The minimum atomic E-state index is 0.235. The predicted octanol–water partition coefficient (Wildman–Crippen LogP) is 2.35. The monoisotopic (exact) mass is 289 g/mol. The van der Waals surface area contributed by atoms with Crippen molar-refractivity contribution in [2.45, 2.75) is 39.0 Å². The smallest absolute Gasteiger partial charge is 0.227 e. The standard InChI is InChI=1S/C17H27N3O/c1-2-3-4-9-19-10-6-11-20(13-12-19)17(21)14-16-7-5-8-18-15-16/h5,7-8,15H,2-4,6,9-14H2,1H3. The molecule has 4 nitrogen and oxygen atoms in total. The molecule has 2 heterocycles. The topological polar surface area (TPSA) is 36.4 Å². The van der Waals surface area contributed by atoms with Crippen LogP contribution in [0.3, 0.4) is 0 Å². The minimum absolute atomic E-state index is 0.235. The third-order valence-corrected chi connectivity index (χ3v) is 4.10. The van der Waals surface area contributed by atoms with Crippen molar-refractivity contribution in [2.24, 2.45) is 0 Å². The molecule has 0 aliphatic carbocycles. The highest BCUT2D eigenvalue weighted by atomic mass is 16.2. The van der Waals surface area contributed by atoms with E-state index in [0.717, 1.165) is 38.2 Å². The summed E-state index contributed by atoms with van der Waals surface area (Å²) in [7, 11) is 0. The van der Waals surface area contributed by atoms with Crippen LogP contribution >= 0.6 is 0 Å². The van der Waals surface area contributed by atoms with Gasteiger partial charge in [-0.3, -0.25) is 9.78 Å². The Bertz CT molecular complexity index is 421. The fourth-order valence-electron chi connectivity index (χ4n) is 2.82. The third kappa shape index (κ3) is 5.46. The molecule has 0 radical (unpaired) electrons. The van der Waals surface area contributed by atoms with Crippen LogP contribution in [0.5, 0.6) is 0 Å². The molecule has 1 aliphatic heterocycles. The summed E-state index contributed by atoms with van der Waals surface area (Å²) in [5.74, 6) is 0.235. The Morgan fingerprint density at radius 3 is 2.90 bits per heavy atom. The number of rotatable bonds is 6. The minimum Gasteiger partial charge on any atom is -0.341 e. The van der Waals surface area contributed by atoms with E-state index in [-0.39, 0.29) is 5.91 Å². The maximum absolute atomic E-state index is 12.4. The molecular formula is C17H27N3O. The number of aromatic nitrogens is 1. The van der Waals surface area contributed by atoms with Gasteiger partial charge in [-0.15, -0.1) is 0 Å². The summed E-state index contributed by atoms with van der Waals surface area (Å²) in [5, 5.41) is 0. The molecule has 0 saturated carbocycles. The lowest BCUT2D eigenvalue weighted by atomic mass is 10.2. The molecule has 1 amide bonds. The average molecular weight is 289 g/mol. The van der Waals surface area contributed by atoms with E-state index in [4.69, 9.17) is 0 Å². The molecule has 2 rings (SSSR count). The highest BCUT2D eigenvalue weighted by Crippen LogP contribution is 2.08. The fraction of sp³-hybridized carbons (Fsp3) is 0.647. The average Bonchev–Trinajstić information content (AvgIpc) is 2.74. The van der Waals surface area contributed by atoms with Gasteiger partial charge >= 0.3 is 0 Å². The Hall–Kier alpha value is -1.42. The van der Waals surface area contributed by atoms with Crippen molar-refractivity contribution in [2.75, 3.05) is 32.7 Å². The van der Waals surface area contributed by atoms with Crippen LogP contribution in [0.2, 0.25) is 0 Å². The summed E-state index contributed by atoms with van der Waals surface area (Å²) in [6.45, 7) is 7.32. The van der Waals surface area contributed by atoms with Crippen LogP contribution in [0.4, 0.5) is 0 Å². The van der Waals surface area contributed by atoms with Crippen LogP contribution in [0.1, 0.15) is 38.2 Å². The first-order valence-electron chi connectivity index (χ1n) is 8.18. The largest absolute Gasteiger partial charge is 0.341 e. The number of nitrogens with zero attached hydrogens (tertiary/aromatic N) is 3. The number of unbranched alkanes of at least 4 members (excludes halogenated alkanes) is 2. The molecule has 0 atom stereocenters. The SMILES string of the molecule is CCCCCN1CCCN(C(=O)Cc2cccnc2)CC1. The van der Waals surface area contributed by atoms with Gasteiger partial charge in [0.25, 0.3) is 0 Å². The highest BCUT2D eigenvalue weighted by Gasteiger charge is 2.18. The zero-order chi connectivity index (χ0) is 14.9. The van der Waals surface area contributed by atoms with Gasteiger partial charge in [-0.05, 0) is 37.6 Å². The second-order valence-electron chi connectivity index (χ2n) is 5.82. The van der Waals surface area contributed by atoms with Crippen molar-refractivity contribution in [1.82, 2.24) is 14.8 Å². The molecule has 1 saturated heterocycles. The molecule has 1 aromatic heterocycles. The van der Waals surface area contributed by atoms with E-state index in [1.807, 2.05) is 17.0 Å². The summed E-state index contributed by atoms with van der Waals surface area (Å²) < 4.78 is 0. The van der Waals surface area contributed by atoms with Crippen molar-refractivity contribution in [3.63, 3.8) is 0 Å². The third-order valence-electron chi connectivity index (χ3n) is 4.10. The van der Waals surface area contributed by atoms with Gasteiger partial charge in [-0.1, -0.05) is 25.8 Å². The Labute approximate surface area is 128 Å². The molecule has 0 aromatic carbocycles. The van der Waals surface area contributed by atoms with Gasteiger partial charge in [0.1, 0.15) is 0 Å². The number of carbonyl (C=O) groups excluding carboxylic acids is 1. The Morgan fingerprint density at radius 1 is 1.24 bits per heavy atom. The number of hydrogen-bond acceptors (Lipinski definition) is 3.